The Morgan fingerprint density at radius 3 is 1.63 bits per heavy atom. The van der Waals surface area contributed by atoms with Gasteiger partial charge in [0.05, 0.1) is 5.69 Å². The van der Waals surface area contributed by atoms with Crippen molar-refractivity contribution in [2.75, 3.05) is 4.90 Å². The van der Waals surface area contributed by atoms with Crippen LogP contribution in [0.25, 0.3) is 55.3 Å². The van der Waals surface area contributed by atoms with Crippen molar-refractivity contribution in [1.29, 1.82) is 0 Å². The van der Waals surface area contributed by atoms with E-state index in [1.807, 2.05) is 0 Å². The highest BCUT2D eigenvalue weighted by molar-refractivity contribution is 5.94. The van der Waals surface area contributed by atoms with E-state index in [9.17, 15) is 0 Å². The van der Waals surface area contributed by atoms with Crippen LogP contribution in [-0.2, 0) is 5.41 Å². The quantitative estimate of drug-likeness (QED) is 0.165. The summed E-state index contributed by atoms with van der Waals surface area (Å²) in [6.07, 6.45) is 7.14. The van der Waals surface area contributed by atoms with Crippen LogP contribution in [0.15, 0.2) is 188 Å². The van der Waals surface area contributed by atoms with Gasteiger partial charge in [-0.25, -0.2) is 0 Å². The van der Waals surface area contributed by atoms with E-state index in [-0.39, 0.29) is 5.41 Å². The summed E-state index contributed by atoms with van der Waals surface area (Å²) in [4.78, 5) is 2.45. The maximum absolute atomic E-state index is 2.54. The Morgan fingerprint density at radius 2 is 0.895 bits per heavy atom. The van der Waals surface area contributed by atoms with Crippen molar-refractivity contribution >= 4 is 27.8 Å². The fourth-order valence-corrected chi connectivity index (χ4v) is 12.3. The van der Waals surface area contributed by atoms with Gasteiger partial charge in [-0.05, 0) is 159 Å². The van der Waals surface area contributed by atoms with E-state index in [2.05, 4.69) is 193 Å². The Kier molecular flexibility index (Phi) is 7.49. The van der Waals surface area contributed by atoms with Crippen LogP contribution in [0.1, 0.15) is 43.2 Å². The molecule has 8 aromatic rings. The zero-order valence-electron chi connectivity index (χ0n) is 32.2. The molecule has 13 rings (SSSR count). The molecule has 0 saturated heterocycles. The maximum atomic E-state index is 2.54. The predicted octanol–water partition coefficient (Wildman–Crippen LogP) is 15.0. The molecule has 0 aromatic heterocycles. The summed E-state index contributed by atoms with van der Waals surface area (Å²) in [6.45, 7) is 0. The molecule has 57 heavy (non-hydrogen) atoms. The standard InChI is InChI=1S/C56H45N/c1-3-11-39(12-4-1)45-23-28-55(51(35-45)42-14-5-2-6-15-42)57(49-26-21-40-13-7-8-16-43(40)34-49)48-24-19-41(20-25-48)44-22-27-54-52(36-44)50-17-9-10-18-53(50)56(54)46-30-37-29-38(32-46)33-47(56)31-37/h1-28,34-38,46-47H,29-33H2. The molecule has 5 aliphatic carbocycles. The van der Waals surface area contributed by atoms with Gasteiger partial charge in [-0.15, -0.1) is 0 Å². The van der Waals surface area contributed by atoms with Crippen LogP contribution < -0.4 is 4.90 Å². The van der Waals surface area contributed by atoms with E-state index in [0.29, 0.717) is 0 Å². The Bertz CT molecular complexity index is 2770. The average Bonchev–Trinajstić information content (AvgIpc) is 3.56. The molecule has 1 spiro atoms. The molecule has 0 radical (unpaired) electrons. The molecule has 4 saturated carbocycles. The first-order chi connectivity index (χ1) is 28.2. The number of rotatable bonds is 6. The van der Waals surface area contributed by atoms with Gasteiger partial charge in [0.2, 0.25) is 0 Å². The Morgan fingerprint density at radius 1 is 0.351 bits per heavy atom. The van der Waals surface area contributed by atoms with Gasteiger partial charge in [0.15, 0.2) is 0 Å². The number of benzene rings is 8. The van der Waals surface area contributed by atoms with Gasteiger partial charge in [0.25, 0.3) is 0 Å². The van der Waals surface area contributed by atoms with Gasteiger partial charge in [-0.3, -0.25) is 0 Å². The molecule has 0 aliphatic heterocycles. The lowest BCUT2D eigenvalue weighted by atomic mass is 9.43. The fraction of sp³-hybridized carbons (Fsp3) is 0.179. The molecule has 8 aromatic carbocycles. The molecule has 0 amide bonds. The zero-order valence-corrected chi connectivity index (χ0v) is 32.2. The SMILES string of the molecule is c1ccc(-c2ccc(N(c3ccc(-c4ccc5c(c4)-c4ccccc4C54C5CC6CC(C5)CC4C6)cc3)c3ccc4ccccc4c3)c(-c3ccccc3)c2)cc1. The number of hydrogen-bond acceptors (Lipinski definition) is 1. The number of fused-ring (bicyclic) bond motifs is 4. The molecule has 274 valence electrons. The highest BCUT2D eigenvalue weighted by atomic mass is 15.1. The zero-order chi connectivity index (χ0) is 37.5. The van der Waals surface area contributed by atoms with Crippen molar-refractivity contribution in [3.05, 3.63) is 199 Å². The van der Waals surface area contributed by atoms with Crippen LogP contribution >= 0.6 is 0 Å². The monoisotopic (exact) mass is 731 g/mol. The Hall–Kier alpha value is -6.18. The number of hydrogen-bond donors (Lipinski definition) is 0. The van der Waals surface area contributed by atoms with E-state index < -0.39 is 0 Å². The van der Waals surface area contributed by atoms with Crippen molar-refractivity contribution in [3.63, 3.8) is 0 Å². The van der Waals surface area contributed by atoms with Crippen molar-refractivity contribution in [3.8, 4) is 44.5 Å². The van der Waals surface area contributed by atoms with Crippen LogP contribution in [0.4, 0.5) is 17.1 Å². The van der Waals surface area contributed by atoms with E-state index in [1.54, 1.807) is 11.1 Å². The van der Waals surface area contributed by atoms with E-state index in [4.69, 9.17) is 0 Å². The average molecular weight is 732 g/mol. The van der Waals surface area contributed by atoms with E-state index in [1.165, 1.54) is 87.4 Å². The van der Waals surface area contributed by atoms with Gasteiger partial charge in [-0.1, -0.05) is 146 Å². The molecule has 0 unspecified atom stereocenters. The van der Waals surface area contributed by atoms with Gasteiger partial charge in [-0.2, -0.15) is 0 Å². The van der Waals surface area contributed by atoms with Crippen molar-refractivity contribution in [2.24, 2.45) is 23.7 Å². The molecule has 4 fully saturated rings. The lowest BCUT2D eigenvalue weighted by molar-refractivity contribution is -0.0399. The number of nitrogens with zero attached hydrogens (tertiary/aromatic N) is 1. The van der Waals surface area contributed by atoms with Crippen molar-refractivity contribution in [1.82, 2.24) is 0 Å². The van der Waals surface area contributed by atoms with Crippen molar-refractivity contribution in [2.45, 2.75) is 37.5 Å². The van der Waals surface area contributed by atoms with Crippen LogP contribution in [-0.4, -0.2) is 0 Å². The Balaban J connectivity index is 0.979. The highest BCUT2D eigenvalue weighted by Gasteiger charge is 2.61. The first-order valence-corrected chi connectivity index (χ1v) is 21.1. The topological polar surface area (TPSA) is 3.24 Å². The highest BCUT2D eigenvalue weighted by Crippen LogP contribution is 2.69. The molecule has 0 heterocycles. The minimum absolute atomic E-state index is 0.203. The first kappa shape index (κ1) is 33.0. The summed E-state index contributed by atoms with van der Waals surface area (Å²) < 4.78 is 0. The maximum Gasteiger partial charge on any atom is 0.0540 e. The van der Waals surface area contributed by atoms with Gasteiger partial charge in [0, 0.05) is 22.4 Å². The normalized spacial score (nSPS) is 22.5. The smallest absolute Gasteiger partial charge is 0.0540 e. The molecule has 1 heteroatoms. The number of anilines is 3. The molecule has 0 atom stereocenters. The summed E-state index contributed by atoms with van der Waals surface area (Å²) in [5, 5.41) is 2.47. The van der Waals surface area contributed by atoms with Gasteiger partial charge >= 0.3 is 0 Å². The third kappa shape index (κ3) is 5.14. The molecule has 4 bridgehead atoms. The van der Waals surface area contributed by atoms with Crippen LogP contribution in [0, 0.1) is 23.7 Å². The largest absolute Gasteiger partial charge is 0.310 e. The summed E-state index contributed by atoms with van der Waals surface area (Å²) in [6, 6.07) is 70.3. The lowest BCUT2D eigenvalue weighted by Crippen LogP contribution is -2.55. The fourth-order valence-electron chi connectivity index (χ4n) is 12.3. The second kappa shape index (κ2) is 12.9. The van der Waals surface area contributed by atoms with E-state index in [0.717, 1.165) is 40.7 Å². The summed E-state index contributed by atoms with van der Waals surface area (Å²) in [5.74, 6) is 3.47. The minimum atomic E-state index is 0.203. The summed E-state index contributed by atoms with van der Waals surface area (Å²) >= 11 is 0. The molecule has 1 nitrogen and oxygen atoms in total. The van der Waals surface area contributed by atoms with E-state index >= 15 is 0 Å². The molecule has 5 aliphatic rings. The van der Waals surface area contributed by atoms with Gasteiger partial charge in [0.1, 0.15) is 0 Å². The predicted molar refractivity (Wildman–Crippen MR) is 238 cm³/mol. The third-order valence-electron chi connectivity index (χ3n) is 14.4. The third-order valence-corrected chi connectivity index (χ3v) is 14.4. The van der Waals surface area contributed by atoms with Crippen LogP contribution in [0.3, 0.4) is 0 Å². The second-order valence-electron chi connectivity index (χ2n) is 17.4. The van der Waals surface area contributed by atoms with Crippen LogP contribution in [0.5, 0.6) is 0 Å². The van der Waals surface area contributed by atoms with Crippen LogP contribution in [0.2, 0.25) is 0 Å². The van der Waals surface area contributed by atoms with Gasteiger partial charge < -0.3 is 4.90 Å². The Labute approximate surface area is 336 Å². The molecular formula is C56H45N. The lowest BCUT2D eigenvalue weighted by Gasteiger charge is -2.61. The molecule has 0 N–H and O–H groups in total. The summed E-state index contributed by atoms with van der Waals surface area (Å²) in [5.41, 5.74) is 17.2. The second-order valence-corrected chi connectivity index (χ2v) is 17.4. The molecular weight excluding hydrogens is 687 g/mol. The first-order valence-electron chi connectivity index (χ1n) is 21.1. The summed E-state index contributed by atoms with van der Waals surface area (Å²) in [7, 11) is 0. The minimum Gasteiger partial charge on any atom is -0.310 e. The van der Waals surface area contributed by atoms with Crippen molar-refractivity contribution < 1.29 is 0 Å².